The summed E-state index contributed by atoms with van der Waals surface area (Å²) in [5, 5.41) is 2.30. The Labute approximate surface area is 203 Å². The van der Waals surface area contributed by atoms with Crippen LogP contribution in [0.5, 0.6) is 0 Å². The molecule has 7 heteroatoms. The maximum atomic E-state index is 13.1. The van der Waals surface area contributed by atoms with Crippen LogP contribution in [0.2, 0.25) is 0 Å². The zero-order valence-electron chi connectivity index (χ0n) is 20.9. The van der Waals surface area contributed by atoms with Gasteiger partial charge < -0.3 is 10.1 Å². The molecule has 0 bridgehead atoms. The number of carbonyl (C=O) groups is 2. The molecular weight excluding hydrogens is 443 g/mol. The number of hydrogen-bond donors (Lipinski definition) is 1. The van der Waals surface area contributed by atoms with E-state index in [1.54, 1.807) is 0 Å². The van der Waals surface area contributed by atoms with Crippen LogP contribution in [0, 0.1) is 0 Å². The van der Waals surface area contributed by atoms with Gasteiger partial charge in [0.25, 0.3) is 5.91 Å². The fourth-order valence-electron chi connectivity index (χ4n) is 3.86. The molecule has 0 aromatic heterocycles. The van der Waals surface area contributed by atoms with Gasteiger partial charge in [-0.3, -0.25) is 4.79 Å². The highest BCUT2D eigenvalue weighted by atomic mass is 19.4. The second-order valence-electron chi connectivity index (χ2n) is 9.00. The first-order chi connectivity index (χ1) is 16.3. The van der Waals surface area contributed by atoms with E-state index in [9.17, 15) is 22.8 Å². The molecule has 1 N–H and O–H groups in total. The summed E-state index contributed by atoms with van der Waals surface area (Å²) in [5.74, 6) is -1.60. The molecule has 1 aromatic rings. The van der Waals surface area contributed by atoms with E-state index in [-0.39, 0.29) is 6.61 Å². The zero-order valence-corrected chi connectivity index (χ0v) is 20.9. The van der Waals surface area contributed by atoms with Crippen molar-refractivity contribution in [2.24, 2.45) is 0 Å². The van der Waals surface area contributed by atoms with E-state index in [0.29, 0.717) is 0 Å². The standard InChI is InChI=1S/C27H42F3NO3/c1-3-4-5-6-7-8-9-10-11-12-13-14-15-18-21-34-26(33)22(2)31-25(32)23-19-16-17-20-24(23)27(28,29)30/h16-17,19-20,22H,3-15,18,21H2,1-2H3,(H,31,32). The van der Waals surface area contributed by atoms with Crippen molar-refractivity contribution in [3.63, 3.8) is 0 Å². The van der Waals surface area contributed by atoms with Gasteiger partial charge in [0.1, 0.15) is 6.04 Å². The van der Waals surface area contributed by atoms with Crippen LogP contribution in [0.1, 0.15) is 120 Å². The predicted molar refractivity (Wildman–Crippen MR) is 130 cm³/mol. The number of unbranched alkanes of at least 4 members (excludes halogenated alkanes) is 13. The number of benzene rings is 1. The minimum Gasteiger partial charge on any atom is -0.464 e. The molecule has 0 fully saturated rings. The van der Waals surface area contributed by atoms with Gasteiger partial charge in [0, 0.05) is 0 Å². The highest BCUT2D eigenvalue weighted by Gasteiger charge is 2.35. The zero-order chi connectivity index (χ0) is 25.2. The molecule has 1 amide bonds. The minimum atomic E-state index is -4.65. The first kappa shape index (κ1) is 30.0. The topological polar surface area (TPSA) is 55.4 Å². The number of rotatable bonds is 18. The quantitative estimate of drug-likeness (QED) is 0.170. The molecular formula is C27H42F3NO3. The third-order valence-electron chi connectivity index (χ3n) is 5.92. The molecule has 0 aliphatic heterocycles. The van der Waals surface area contributed by atoms with Crippen molar-refractivity contribution in [2.75, 3.05) is 6.61 Å². The Kier molecular flexibility index (Phi) is 15.3. The molecule has 0 heterocycles. The maximum Gasteiger partial charge on any atom is 0.417 e. The maximum absolute atomic E-state index is 13.1. The SMILES string of the molecule is CCCCCCCCCCCCCCCCOC(=O)C(C)NC(=O)c1ccccc1C(F)(F)F. The van der Waals surface area contributed by atoms with Gasteiger partial charge in [-0.1, -0.05) is 103 Å². The third kappa shape index (κ3) is 13.0. The predicted octanol–water partition coefficient (Wildman–Crippen LogP) is 7.85. The summed E-state index contributed by atoms with van der Waals surface area (Å²) in [6.45, 7) is 3.89. The number of nitrogens with one attached hydrogen (secondary N) is 1. The van der Waals surface area contributed by atoms with Crippen LogP contribution < -0.4 is 5.32 Å². The van der Waals surface area contributed by atoms with Crippen LogP contribution in [0.3, 0.4) is 0 Å². The van der Waals surface area contributed by atoms with Gasteiger partial charge in [-0.05, 0) is 25.5 Å². The van der Waals surface area contributed by atoms with Gasteiger partial charge in [-0.2, -0.15) is 13.2 Å². The summed E-state index contributed by atoms with van der Waals surface area (Å²) in [6.07, 6.45) is 12.6. The summed E-state index contributed by atoms with van der Waals surface area (Å²) in [5.41, 5.74) is -1.54. The number of alkyl halides is 3. The fraction of sp³-hybridized carbons (Fsp3) is 0.704. The molecule has 1 rings (SSSR count). The molecule has 34 heavy (non-hydrogen) atoms. The van der Waals surface area contributed by atoms with E-state index < -0.39 is 35.2 Å². The lowest BCUT2D eigenvalue weighted by Gasteiger charge is -2.16. The number of carbonyl (C=O) groups excluding carboxylic acids is 2. The van der Waals surface area contributed by atoms with Crippen LogP contribution in [0.4, 0.5) is 13.2 Å². The van der Waals surface area contributed by atoms with Gasteiger partial charge in [-0.25, -0.2) is 4.79 Å². The van der Waals surface area contributed by atoms with Gasteiger partial charge in [-0.15, -0.1) is 0 Å². The number of halogens is 3. The molecule has 1 aromatic carbocycles. The average molecular weight is 486 g/mol. The molecule has 0 saturated heterocycles. The molecule has 0 radical (unpaired) electrons. The third-order valence-corrected chi connectivity index (χ3v) is 5.92. The van der Waals surface area contributed by atoms with Crippen molar-refractivity contribution in [3.05, 3.63) is 35.4 Å². The second kappa shape index (κ2) is 17.4. The van der Waals surface area contributed by atoms with E-state index in [0.717, 1.165) is 31.4 Å². The molecule has 0 saturated carbocycles. The second-order valence-corrected chi connectivity index (χ2v) is 9.00. The van der Waals surface area contributed by atoms with Crippen molar-refractivity contribution < 1.29 is 27.5 Å². The largest absolute Gasteiger partial charge is 0.464 e. The number of esters is 1. The number of amides is 1. The Bertz CT molecular complexity index is 707. The molecule has 0 aliphatic rings. The molecule has 1 atom stereocenters. The van der Waals surface area contributed by atoms with Crippen LogP contribution >= 0.6 is 0 Å². The van der Waals surface area contributed by atoms with Crippen molar-refractivity contribution >= 4 is 11.9 Å². The summed E-state index contributed by atoms with van der Waals surface area (Å²) >= 11 is 0. The molecule has 4 nitrogen and oxygen atoms in total. The number of hydrogen-bond acceptors (Lipinski definition) is 3. The Morgan fingerprint density at radius 2 is 1.29 bits per heavy atom. The van der Waals surface area contributed by atoms with Crippen LogP contribution in [0.15, 0.2) is 24.3 Å². The van der Waals surface area contributed by atoms with E-state index >= 15 is 0 Å². The lowest BCUT2D eigenvalue weighted by atomic mass is 10.0. The summed E-state index contributed by atoms with van der Waals surface area (Å²) in [4.78, 5) is 24.3. The highest BCUT2D eigenvalue weighted by molar-refractivity contribution is 5.98. The lowest BCUT2D eigenvalue weighted by molar-refractivity contribution is -0.145. The van der Waals surface area contributed by atoms with Crippen molar-refractivity contribution in [3.8, 4) is 0 Å². The Morgan fingerprint density at radius 3 is 1.79 bits per heavy atom. The monoisotopic (exact) mass is 485 g/mol. The Hall–Kier alpha value is -2.05. The highest BCUT2D eigenvalue weighted by Crippen LogP contribution is 2.31. The molecule has 1 unspecified atom stereocenters. The molecule has 0 aliphatic carbocycles. The van der Waals surface area contributed by atoms with E-state index in [1.165, 1.54) is 89.7 Å². The average Bonchev–Trinajstić information content (AvgIpc) is 2.80. The van der Waals surface area contributed by atoms with Crippen molar-refractivity contribution in [2.45, 2.75) is 116 Å². The Balaban J connectivity index is 2.09. The molecule has 194 valence electrons. The summed E-state index contributed by atoms with van der Waals surface area (Å²) < 4.78 is 44.4. The van der Waals surface area contributed by atoms with Crippen LogP contribution in [-0.4, -0.2) is 24.5 Å². The summed E-state index contributed by atoms with van der Waals surface area (Å²) in [7, 11) is 0. The first-order valence-corrected chi connectivity index (χ1v) is 12.9. The Morgan fingerprint density at radius 1 is 0.824 bits per heavy atom. The normalized spacial score (nSPS) is 12.4. The van der Waals surface area contributed by atoms with Gasteiger partial charge in [0.05, 0.1) is 17.7 Å². The fourth-order valence-corrected chi connectivity index (χ4v) is 3.86. The van der Waals surface area contributed by atoms with Crippen LogP contribution in [0.25, 0.3) is 0 Å². The van der Waals surface area contributed by atoms with Crippen molar-refractivity contribution in [1.82, 2.24) is 5.32 Å². The smallest absolute Gasteiger partial charge is 0.417 e. The summed E-state index contributed by atoms with van der Waals surface area (Å²) in [6, 6.07) is 3.47. The molecule has 0 spiro atoms. The van der Waals surface area contributed by atoms with E-state index in [1.807, 2.05) is 0 Å². The van der Waals surface area contributed by atoms with E-state index in [4.69, 9.17) is 4.74 Å². The first-order valence-electron chi connectivity index (χ1n) is 12.9. The van der Waals surface area contributed by atoms with Gasteiger partial charge >= 0.3 is 12.1 Å². The minimum absolute atomic E-state index is 0.246. The lowest BCUT2D eigenvalue weighted by Crippen LogP contribution is -2.40. The van der Waals surface area contributed by atoms with Gasteiger partial charge in [0.15, 0.2) is 0 Å². The number of ether oxygens (including phenoxy) is 1. The van der Waals surface area contributed by atoms with Crippen molar-refractivity contribution in [1.29, 1.82) is 0 Å². The van der Waals surface area contributed by atoms with E-state index in [2.05, 4.69) is 12.2 Å². The van der Waals surface area contributed by atoms with Gasteiger partial charge in [0.2, 0.25) is 0 Å². The van der Waals surface area contributed by atoms with Crippen LogP contribution in [-0.2, 0) is 15.7 Å².